The number of rotatable bonds is 7. The van der Waals surface area contributed by atoms with Gasteiger partial charge in [-0.1, -0.05) is 6.07 Å². The summed E-state index contributed by atoms with van der Waals surface area (Å²) in [6, 6.07) is 9.45. The molecule has 29 heavy (non-hydrogen) atoms. The summed E-state index contributed by atoms with van der Waals surface area (Å²) in [6.45, 7) is 1.38. The molecule has 1 saturated heterocycles. The van der Waals surface area contributed by atoms with Gasteiger partial charge in [0.15, 0.2) is 10.4 Å². The Hall–Kier alpha value is -2.21. The maximum atomic E-state index is 12.3. The second-order valence-electron chi connectivity index (χ2n) is 6.22. The third kappa shape index (κ3) is 5.89. The van der Waals surface area contributed by atoms with Crippen molar-refractivity contribution in [2.45, 2.75) is 0 Å². The number of hydrogen-bond donors (Lipinski definition) is 2. The monoisotopic (exact) mass is 485 g/mol. The lowest BCUT2D eigenvalue weighted by molar-refractivity contribution is 0.0730. The van der Waals surface area contributed by atoms with Gasteiger partial charge in [0.05, 0.1) is 19.0 Å². The highest BCUT2D eigenvalue weighted by atomic mass is 79.9. The van der Waals surface area contributed by atoms with Gasteiger partial charge in [0.1, 0.15) is 0 Å². The molecule has 3 rings (SSSR count). The summed E-state index contributed by atoms with van der Waals surface area (Å²) in [5.74, 6) is -0.952. The Kier molecular flexibility index (Phi) is 7.06. The molecule has 0 atom stereocenters. The second-order valence-corrected chi connectivity index (χ2v) is 9.09. The highest BCUT2D eigenvalue weighted by Crippen LogP contribution is 2.17. The van der Waals surface area contributed by atoms with Gasteiger partial charge >= 0.3 is 0 Å². The Balaban J connectivity index is 1.54. The summed E-state index contributed by atoms with van der Waals surface area (Å²) < 4.78 is 36.7. The van der Waals surface area contributed by atoms with E-state index in [1.807, 2.05) is 0 Å². The molecule has 1 aromatic heterocycles. The molecular weight excluding hydrogens is 466 g/mol. The van der Waals surface area contributed by atoms with Crippen LogP contribution in [0.15, 0.2) is 45.5 Å². The Labute approximate surface area is 176 Å². The zero-order valence-corrected chi connectivity index (χ0v) is 17.8. The lowest BCUT2D eigenvalue weighted by Crippen LogP contribution is -2.43. The van der Waals surface area contributed by atoms with Crippen molar-refractivity contribution in [3.63, 3.8) is 0 Å². The van der Waals surface area contributed by atoms with Crippen LogP contribution in [0.25, 0.3) is 0 Å². The zero-order chi connectivity index (χ0) is 20.9. The molecule has 2 heterocycles. The van der Waals surface area contributed by atoms with Crippen molar-refractivity contribution < 1.29 is 27.2 Å². The molecule has 2 aromatic rings. The molecule has 0 radical (unpaired) electrons. The standard InChI is InChI=1S/C18H20BrN3O6S/c19-16-5-4-15(28-16)18(24)21-14-3-1-2-13(12-14)17(23)20-6-11-29(25,26)22-7-9-27-10-8-22/h1-5,12H,6-11H2,(H,20,23)(H,21,24). The number of hydrogen-bond acceptors (Lipinski definition) is 6. The molecule has 2 N–H and O–H groups in total. The number of carbonyl (C=O) groups is 2. The molecule has 0 saturated carbocycles. The van der Waals surface area contributed by atoms with Crippen molar-refractivity contribution in [1.29, 1.82) is 0 Å². The van der Waals surface area contributed by atoms with Crippen LogP contribution < -0.4 is 10.6 Å². The Morgan fingerprint density at radius 3 is 2.55 bits per heavy atom. The van der Waals surface area contributed by atoms with E-state index in [0.717, 1.165) is 0 Å². The van der Waals surface area contributed by atoms with Crippen LogP contribution in [-0.4, -0.2) is 63.1 Å². The summed E-state index contributed by atoms with van der Waals surface area (Å²) in [7, 11) is -3.45. The highest BCUT2D eigenvalue weighted by Gasteiger charge is 2.24. The van der Waals surface area contributed by atoms with Crippen molar-refractivity contribution in [2.75, 3.05) is 43.9 Å². The maximum absolute atomic E-state index is 12.3. The van der Waals surface area contributed by atoms with Crippen LogP contribution in [0.5, 0.6) is 0 Å². The van der Waals surface area contributed by atoms with Gasteiger partial charge in [-0.2, -0.15) is 4.31 Å². The summed E-state index contributed by atoms with van der Waals surface area (Å²) in [5.41, 5.74) is 0.711. The topological polar surface area (TPSA) is 118 Å². The first-order valence-corrected chi connectivity index (χ1v) is 11.3. The Morgan fingerprint density at radius 1 is 1.10 bits per heavy atom. The number of sulfonamides is 1. The van der Waals surface area contributed by atoms with Crippen molar-refractivity contribution in [3.05, 3.63) is 52.4 Å². The van der Waals surface area contributed by atoms with Crippen molar-refractivity contribution in [3.8, 4) is 0 Å². The van der Waals surface area contributed by atoms with E-state index < -0.39 is 21.8 Å². The van der Waals surface area contributed by atoms with Gasteiger partial charge in [0.2, 0.25) is 10.0 Å². The Bertz CT molecular complexity index is 985. The first-order chi connectivity index (χ1) is 13.8. The fourth-order valence-corrected chi connectivity index (χ4v) is 4.35. The molecule has 1 aliphatic heterocycles. The summed E-state index contributed by atoms with van der Waals surface area (Å²) >= 11 is 3.13. The van der Waals surface area contributed by atoms with Crippen LogP contribution in [0.3, 0.4) is 0 Å². The van der Waals surface area contributed by atoms with Gasteiger partial charge in [-0.25, -0.2) is 8.42 Å². The molecule has 9 nitrogen and oxygen atoms in total. The maximum Gasteiger partial charge on any atom is 0.291 e. The van der Waals surface area contributed by atoms with E-state index in [9.17, 15) is 18.0 Å². The molecule has 0 unspecified atom stereocenters. The quantitative estimate of drug-likeness (QED) is 0.615. The lowest BCUT2D eigenvalue weighted by atomic mass is 10.2. The normalized spacial score (nSPS) is 15.1. The number of morpholine rings is 1. The molecule has 2 amide bonds. The number of amides is 2. The minimum absolute atomic E-state index is 0.0183. The first-order valence-electron chi connectivity index (χ1n) is 8.86. The van der Waals surface area contributed by atoms with Gasteiger partial charge in [-0.15, -0.1) is 0 Å². The number of benzene rings is 1. The van der Waals surface area contributed by atoms with Crippen LogP contribution in [-0.2, 0) is 14.8 Å². The minimum Gasteiger partial charge on any atom is -0.444 e. The SMILES string of the molecule is O=C(NCCS(=O)(=O)N1CCOCC1)c1cccc(NC(=O)c2ccc(Br)o2)c1. The number of nitrogens with one attached hydrogen (secondary N) is 2. The average Bonchev–Trinajstić information content (AvgIpc) is 3.15. The van der Waals surface area contributed by atoms with Crippen molar-refractivity contribution in [1.82, 2.24) is 9.62 Å². The van der Waals surface area contributed by atoms with Gasteiger partial charge in [-0.05, 0) is 46.3 Å². The van der Waals surface area contributed by atoms with E-state index in [2.05, 4.69) is 26.6 Å². The van der Waals surface area contributed by atoms with E-state index >= 15 is 0 Å². The third-order valence-electron chi connectivity index (χ3n) is 4.19. The number of carbonyl (C=O) groups excluding carboxylic acids is 2. The van der Waals surface area contributed by atoms with Gasteiger partial charge in [0.25, 0.3) is 11.8 Å². The van der Waals surface area contributed by atoms with E-state index in [-0.39, 0.29) is 18.1 Å². The van der Waals surface area contributed by atoms with Crippen LogP contribution in [0.4, 0.5) is 5.69 Å². The number of ether oxygens (including phenoxy) is 1. The van der Waals surface area contributed by atoms with E-state index in [1.54, 1.807) is 24.3 Å². The minimum atomic E-state index is -3.45. The fraction of sp³-hybridized carbons (Fsp3) is 0.333. The molecule has 1 fully saturated rings. The molecule has 0 bridgehead atoms. The average molecular weight is 486 g/mol. The van der Waals surface area contributed by atoms with Crippen LogP contribution in [0.2, 0.25) is 0 Å². The molecule has 1 aliphatic rings. The summed E-state index contributed by atoms with van der Waals surface area (Å²) in [4.78, 5) is 24.5. The first kappa shape index (κ1) is 21.5. The molecule has 0 spiro atoms. The summed E-state index contributed by atoms with van der Waals surface area (Å²) in [5, 5.41) is 5.24. The molecule has 156 valence electrons. The molecule has 0 aliphatic carbocycles. The smallest absolute Gasteiger partial charge is 0.291 e. The van der Waals surface area contributed by atoms with E-state index in [4.69, 9.17) is 9.15 Å². The van der Waals surface area contributed by atoms with Gasteiger partial charge < -0.3 is 19.8 Å². The number of furan rings is 1. The molecule has 11 heteroatoms. The van der Waals surface area contributed by atoms with Crippen LogP contribution in [0.1, 0.15) is 20.9 Å². The van der Waals surface area contributed by atoms with Gasteiger partial charge in [-0.3, -0.25) is 9.59 Å². The van der Waals surface area contributed by atoms with Crippen molar-refractivity contribution in [2.24, 2.45) is 0 Å². The predicted octanol–water partition coefficient (Wildman–Crippen LogP) is 1.69. The fourth-order valence-electron chi connectivity index (χ4n) is 2.72. The third-order valence-corrected chi connectivity index (χ3v) is 6.49. The Morgan fingerprint density at radius 2 is 1.86 bits per heavy atom. The summed E-state index contributed by atoms with van der Waals surface area (Å²) in [6.07, 6.45) is 0. The number of anilines is 1. The van der Waals surface area contributed by atoms with E-state index in [1.165, 1.54) is 16.4 Å². The zero-order valence-electron chi connectivity index (χ0n) is 15.4. The van der Waals surface area contributed by atoms with Gasteiger partial charge in [0, 0.05) is 30.9 Å². The van der Waals surface area contributed by atoms with Crippen molar-refractivity contribution >= 4 is 43.5 Å². The largest absolute Gasteiger partial charge is 0.444 e. The van der Waals surface area contributed by atoms with Crippen LogP contribution in [0, 0.1) is 0 Å². The van der Waals surface area contributed by atoms with Crippen LogP contribution >= 0.6 is 15.9 Å². The molecule has 1 aromatic carbocycles. The lowest BCUT2D eigenvalue weighted by Gasteiger charge is -2.26. The predicted molar refractivity (Wildman–Crippen MR) is 109 cm³/mol. The number of nitrogens with zero attached hydrogens (tertiary/aromatic N) is 1. The molecular formula is C18H20BrN3O6S. The highest BCUT2D eigenvalue weighted by molar-refractivity contribution is 9.10. The number of halogens is 1. The van der Waals surface area contributed by atoms with E-state index in [0.29, 0.717) is 42.2 Å². The second kappa shape index (κ2) is 9.53.